The molecule has 5 nitrogen and oxygen atoms in total. The van der Waals surface area contributed by atoms with E-state index < -0.39 is 0 Å². The first kappa shape index (κ1) is 14.5. The number of aromatic nitrogens is 2. The molecule has 0 radical (unpaired) electrons. The Morgan fingerprint density at radius 3 is 2.95 bits per heavy atom. The normalized spacial score (nSPS) is 23.6. The number of hydrogen-bond donors (Lipinski definition) is 2. The molecular weight excluding hydrogens is 308 g/mol. The summed E-state index contributed by atoms with van der Waals surface area (Å²) in [5.41, 5.74) is 0.693. The zero-order valence-electron chi connectivity index (χ0n) is 11.6. The molecule has 106 valence electrons. The van der Waals surface area contributed by atoms with Crippen LogP contribution in [0.5, 0.6) is 0 Å². The van der Waals surface area contributed by atoms with Crippen LogP contribution in [0, 0.1) is 0 Å². The molecule has 1 aromatic heterocycles. The van der Waals surface area contributed by atoms with Crippen LogP contribution in [-0.2, 0) is 0 Å². The van der Waals surface area contributed by atoms with Crippen molar-refractivity contribution in [1.29, 1.82) is 0 Å². The molecule has 19 heavy (non-hydrogen) atoms. The maximum atomic E-state index is 12.2. The minimum absolute atomic E-state index is 0.0631. The highest BCUT2D eigenvalue weighted by molar-refractivity contribution is 9.10. The Morgan fingerprint density at radius 2 is 2.32 bits per heavy atom. The van der Waals surface area contributed by atoms with Crippen molar-refractivity contribution in [3.63, 3.8) is 0 Å². The molecule has 2 heterocycles. The van der Waals surface area contributed by atoms with Gasteiger partial charge in [-0.3, -0.25) is 4.79 Å². The van der Waals surface area contributed by atoms with Crippen molar-refractivity contribution in [2.24, 2.45) is 0 Å². The largest absolute Gasteiger partial charge is 0.378 e. The van der Waals surface area contributed by atoms with Crippen molar-refractivity contribution >= 4 is 21.6 Å². The fourth-order valence-electron chi connectivity index (χ4n) is 2.35. The first-order valence-electron chi connectivity index (χ1n) is 6.78. The van der Waals surface area contributed by atoms with Gasteiger partial charge >= 0.3 is 0 Å². The third kappa shape index (κ3) is 3.17. The van der Waals surface area contributed by atoms with E-state index in [9.17, 15) is 4.79 Å². The first-order chi connectivity index (χ1) is 9.00. The van der Waals surface area contributed by atoms with Gasteiger partial charge < -0.3 is 10.6 Å². The van der Waals surface area contributed by atoms with Gasteiger partial charge in [-0.15, -0.1) is 0 Å². The molecule has 1 aliphatic rings. The van der Waals surface area contributed by atoms with Crippen LogP contribution in [0.4, 0.5) is 5.69 Å². The second-order valence-corrected chi connectivity index (χ2v) is 6.14. The van der Waals surface area contributed by atoms with Crippen molar-refractivity contribution in [3.05, 3.63) is 21.0 Å². The van der Waals surface area contributed by atoms with E-state index in [0.29, 0.717) is 16.6 Å². The van der Waals surface area contributed by atoms with Crippen molar-refractivity contribution in [3.8, 4) is 0 Å². The standard InChI is InChI=1S/C13H21BrN4O/c1-8(2)18-13(19)12(14)11(7-16-18)17-10-5-4-6-15-9(10)3/h7-10,15,17H,4-6H2,1-3H3. The highest BCUT2D eigenvalue weighted by atomic mass is 79.9. The van der Waals surface area contributed by atoms with Crippen molar-refractivity contribution < 1.29 is 0 Å². The molecule has 0 aromatic carbocycles. The van der Waals surface area contributed by atoms with E-state index in [1.165, 1.54) is 4.68 Å². The minimum Gasteiger partial charge on any atom is -0.378 e. The fourth-order valence-corrected chi connectivity index (χ4v) is 2.75. The van der Waals surface area contributed by atoms with E-state index in [1.807, 2.05) is 13.8 Å². The lowest BCUT2D eigenvalue weighted by atomic mass is 10.00. The quantitative estimate of drug-likeness (QED) is 0.892. The van der Waals surface area contributed by atoms with Gasteiger partial charge in [-0.25, -0.2) is 4.68 Å². The van der Waals surface area contributed by atoms with Gasteiger partial charge in [0.15, 0.2) is 0 Å². The molecule has 0 aliphatic carbocycles. The Hall–Kier alpha value is -0.880. The Morgan fingerprint density at radius 1 is 1.58 bits per heavy atom. The lowest BCUT2D eigenvalue weighted by Gasteiger charge is -2.31. The molecule has 0 bridgehead atoms. The molecule has 2 N–H and O–H groups in total. The van der Waals surface area contributed by atoms with Crippen molar-refractivity contribution in [2.75, 3.05) is 11.9 Å². The molecule has 1 aromatic rings. The van der Waals surface area contributed by atoms with Crippen LogP contribution >= 0.6 is 15.9 Å². The third-order valence-electron chi connectivity index (χ3n) is 3.54. The summed E-state index contributed by atoms with van der Waals surface area (Å²) in [5.74, 6) is 0. The van der Waals surface area contributed by atoms with Gasteiger partial charge in [-0.05, 0) is 56.1 Å². The van der Waals surface area contributed by atoms with E-state index in [0.717, 1.165) is 25.1 Å². The number of nitrogens with zero attached hydrogens (tertiary/aromatic N) is 2. The van der Waals surface area contributed by atoms with Crippen LogP contribution in [-0.4, -0.2) is 28.4 Å². The molecule has 2 rings (SSSR count). The molecule has 0 amide bonds. The molecule has 1 aliphatic heterocycles. The van der Waals surface area contributed by atoms with E-state index in [-0.39, 0.29) is 11.6 Å². The predicted octanol–water partition coefficient (Wildman–Crippen LogP) is 2.14. The number of rotatable bonds is 3. The van der Waals surface area contributed by atoms with E-state index in [4.69, 9.17) is 0 Å². The number of hydrogen-bond acceptors (Lipinski definition) is 4. The number of halogens is 1. The SMILES string of the molecule is CC1NCCCC1Nc1cnn(C(C)C)c(=O)c1Br. The van der Waals surface area contributed by atoms with Crippen molar-refractivity contribution in [1.82, 2.24) is 15.1 Å². The van der Waals surface area contributed by atoms with E-state index in [1.54, 1.807) is 6.20 Å². The predicted molar refractivity (Wildman–Crippen MR) is 80.7 cm³/mol. The van der Waals surface area contributed by atoms with E-state index >= 15 is 0 Å². The summed E-state index contributed by atoms with van der Waals surface area (Å²) in [7, 11) is 0. The van der Waals surface area contributed by atoms with Crippen LogP contribution in [0.15, 0.2) is 15.5 Å². The fraction of sp³-hybridized carbons (Fsp3) is 0.692. The van der Waals surface area contributed by atoms with Gasteiger partial charge in [0, 0.05) is 12.1 Å². The summed E-state index contributed by atoms with van der Waals surface area (Å²) >= 11 is 3.39. The summed E-state index contributed by atoms with van der Waals surface area (Å²) in [5, 5.41) is 11.1. The summed E-state index contributed by atoms with van der Waals surface area (Å²) in [6, 6.07) is 0.794. The molecule has 1 saturated heterocycles. The summed E-state index contributed by atoms with van der Waals surface area (Å²) in [4.78, 5) is 12.2. The molecule has 0 saturated carbocycles. The number of nitrogens with one attached hydrogen (secondary N) is 2. The Labute approximate surface area is 121 Å². The minimum atomic E-state index is -0.0866. The monoisotopic (exact) mass is 328 g/mol. The molecular formula is C13H21BrN4O. The average Bonchev–Trinajstić information content (AvgIpc) is 2.37. The Kier molecular flexibility index (Phi) is 4.62. The Bertz CT molecular complexity index is 500. The topological polar surface area (TPSA) is 59.0 Å². The van der Waals surface area contributed by atoms with Gasteiger partial charge in [0.25, 0.3) is 5.56 Å². The molecule has 1 fully saturated rings. The summed E-state index contributed by atoms with van der Waals surface area (Å²) in [6.07, 6.45) is 3.98. The summed E-state index contributed by atoms with van der Waals surface area (Å²) < 4.78 is 2.05. The van der Waals surface area contributed by atoms with Crippen LogP contribution < -0.4 is 16.2 Å². The smallest absolute Gasteiger partial charge is 0.283 e. The van der Waals surface area contributed by atoms with Gasteiger partial charge in [-0.1, -0.05) is 0 Å². The maximum absolute atomic E-state index is 12.2. The van der Waals surface area contributed by atoms with Gasteiger partial charge in [0.2, 0.25) is 0 Å². The second kappa shape index (κ2) is 6.05. The number of anilines is 1. The summed E-state index contributed by atoms with van der Waals surface area (Å²) in [6.45, 7) is 7.11. The molecule has 6 heteroatoms. The van der Waals surface area contributed by atoms with Gasteiger partial charge in [0.05, 0.1) is 17.9 Å². The lowest BCUT2D eigenvalue weighted by Crippen LogP contribution is -2.46. The van der Waals surface area contributed by atoms with Crippen LogP contribution in [0.25, 0.3) is 0 Å². The van der Waals surface area contributed by atoms with Crippen LogP contribution in [0.1, 0.15) is 39.7 Å². The zero-order valence-corrected chi connectivity index (χ0v) is 13.2. The molecule has 0 spiro atoms. The van der Waals surface area contributed by atoms with Crippen LogP contribution in [0.3, 0.4) is 0 Å². The highest BCUT2D eigenvalue weighted by Crippen LogP contribution is 2.21. The molecule has 2 unspecified atom stereocenters. The molecule has 2 atom stereocenters. The van der Waals surface area contributed by atoms with Gasteiger partial charge in [-0.2, -0.15) is 5.10 Å². The van der Waals surface area contributed by atoms with Crippen LogP contribution in [0.2, 0.25) is 0 Å². The lowest BCUT2D eigenvalue weighted by molar-refractivity contribution is 0.389. The Balaban J connectivity index is 2.21. The second-order valence-electron chi connectivity index (χ2n) is 5.35. The maximum Gasteiger partial charge on any atom is 0.283 e. The number of piperidine rings is 1. The highest BCUT2D eigenvalue weighted by Gasteiger charge is 2.22. The van der Waals surface area contributed by atoms with Gasteiger partial charge in [0.1, 0.15) is 4.47 Å². The third-order valence-corrected chi connectivity index (χ3v) is 4.30. The first-order valence-corrected chi connectivity index (χ1v) is 7.57. The van der Waals surface area contributed by atoms with E-state index in [2.05, 4.69) is 38.6 Å². The average molecular weight is 329 g/mol. The van der Waals surface area contributed by atoms with Crippen molar-refractivity contribution in [2.45, 2.75) is 51.7 Å². The zero-order chi connectivity index (χ0) is 14.0.